The molecule has 0 amide bonds. The summed E-state index contributed by atoms with van der Waals surface area (Å²) in [6.45, 7) is 0. The molecule has 1 unspecified atom stereocenters. The van der Waals surface area contributed by atoms with Crippen LogP contribution in [0.4, 0.5) is 0 Å². The SMILES string of the molecule is c1ccc(C2c3ccccc3-c3ccc4c5ccccc5n(-c5cc6c(cn5)sc5ccc(-c7cccc(-c8ccc9c%10ccccc%10c%10ccccc%10c9c8)c7)cc56)c4c32)cc1. The topological polar surface area (TPSA) is 17.8 Å². The minimum absolute atomic E-state index is 0.113. The molecular formula is C60H36N2S. The summed E-state index contributed by atoms with van der Waals surface area (Å²) in [6, 6.07) is 76.4. The second-order valence-electron chi connectivity index (χ2n) is 17.0. The number of pyridine rings is 1. The fourth-order valence-electron chi connectivity index (χ4n) is 10.9. The van der Waals surface area contributed by atoms with Crippen LogP contribution in [0.3, 0.4) is 0 Å². The Morgan fingerprint density at radius 1 is 0.381 bits per heavy atom. The van der Waals surface area contributed by atoms with Crippen molar-refractivity contribution in [1.29, 1.82) is 0 Å². The molecule has 0 aliphatic heterocycles. The summed E-state index contributed by atoms with van der Waals surface area (Å²) >= 11 is 1.82. The van der Waals surface area contributed by atoms with Crippen molar-refractivity contribution >= 4 is 85.6 Å². The van der Waals surface area contributed by atoms with E-state index in [1.807, 2.05) is 11.3 Å². The van der Waals surface area contributed by atoms with E-state index >= 15 is 0 Å². The Morgan fingerprint density at radius 3 is 1.75 bits per heavy atom. The molecule has 292 valence electrons. The van der Waals surface area contributed by atoms with Crippen LogP contribution in [0.2, 0.25) is 0 Å². The number of para-hydroxylation sites is 1. The average molecular weight is 817 g/mol. The first-order valence-corrected chi connectivity index (χ1v) is 22.5. The third-order valence-corrected chi connectivity index (χ3v) is 14.8. The summed E-state index contributed by atoms with van der Waals surface area (Å²) in [5, 5.41) is 12.7. The van der Waals surface area contributed by atoms with Crippen molar-refractivity contribution in [2.75, 3.05) is 0 Å². The zero-order valence-electron chi connectivity index (χ0n) is 34.1. The number of aromatic nitrogens is 2. The number of rotatable bonds is 4. The van der Waals surface area contributed by atoms with E-state index < -0.39 is 0 Å². The minimum atomic E-state index is 0.113. The van der Waals surface area contributed by atoms with Crippen LogP contribution in [0.15, 0.2) is 212 Å². The fraction of sp³-hybridized carbons (Fsp3) is 0.0167. The molecule has 1 aliphatic rings. The molecule has 1 atom stereocenters. The maximum Gasteiger partial charge on any atom is 0.138 e. The van der Waals surface area contributed by atoms with E-state index in [0.29, 0.717) is 0 Å². The second kappa shape index (κ2) is 13.3. The van der Waals surface area contributed by atoms with Crippen molar-refractivity contribution in [1.82, 2.24) is 9.55 Å². The highest BCUT2D eigenvalue weighted by molar-refractivity contribution is 7.25. The second-order valence-corrected chi connectivity index (χ2v) is 18.1. The predicted octanol–water partition coefficient (Wildman–Crippen LogP) is 16.5. The first-order valence-electron chi connectivity index (χ1n) is 21.7. The van der Waals surface area contributed by atoms with Gasteiger partial charge in [0.25, 0.3) is 0 Å². The van der Waals surface area contributed by atoms with Gasteiger partial charge in [-0.15, -0.1) is 11.3 Å². The molecule has 3 aromatic heterocycles. The number of thiophene rings is 1. The highest BCUT2D eigenvalue weighted by Crippen LogP contribution is 2.52. The fourth-order valence-corrected chi connectivity index (χ4v) is 12.0. The standard InChI is InChI=1S/C60H36N2S/c1-2-13-36(14-3-1)58-48-23-9-8-21-45(48)49-28-29-50-47-22-10-11-24-54(47)62(60(50)59(49)58)57-34-53-52-33-40(26-30-55(52)63-56(53)35-61-57)38-16-12-15-37(31-38)39-25-27-46-43-19-5-4-17-41(43)42-18-6-7-20-44(42)51(46)32-39/h1-35,58H. The van der Waals surface area contributed by atoms with Gasteiger partial charge in [-0.05, 0) is 119 Å². The lowest BCUT2D eigenvalue weighted by Gasteiger charge is -2.17. The number of benzene rings is 10. The minimum Gasteiger partial charge on any atom is -0.293 e. The number of nitrogens with zero attached hydrogens (tertiary/aromatic N) is 2. The molecule has 63 heavy (non-hydrogen) atoms. The van der Waals surface area contributed by atoms with E-state index in [1.54, 1.807) is 0 Å². The first-order chi connectivity index (χ1) is 31.2. The van der Waals surface area contributed by atoms with Gasteiger partial charge in [-0.25, -0.2) is 4.98 Å². The van der Waals surface area contributed by atoms with Gasteiger partial charge in [0.2, 0.25) is 0 Å². The van der Waals surface area contributed by atoms with Gasteiger partial charge in [-0.1, -0.05) is 170 Å². The number of fused-ring (bicyclic) bond motifs is 16. The van der Waals surface area contributed by atoms with Crippen LogP contribution < -0.4 is 0 Å². The number of hydrogen-bond acceptors (Lipinski definition) is 2. The van der Waals surface area contributed by atoms with Gasteiger partial charge in [-0.2, -0.15) is 0 Å². The van der Waals surface area contributed by atoms with Crippen molar-refractivity contribution in [3.8, 4) is 39.2 Å². The Hall–Kier alpha value is -7.85. The quantitative estimate of drug-likeness (QED) is 0.162. The molecule has 1 aliphatic carbocycles. The number of hydrogen-bond donors (Lipinski definition) is 0. The van der Waals surface area contributed by atoms with Crippen molar-refractivity contribution in [3.05, 3.63) is 229 Å². The molecule has 14 rings (SSSR count). The molecule has 3 heterocycles. The Morgan fingerprint density at radius 2 is 0.968 bits per heavy atom. The normalized spacial score (nSPS) is 13.6. The Bertz CT molecular complexity index is 4010. The van der Waals surface area contributed by atoms with Crippen LogP contribution in [0, 0.1) is 0 Å². The smallest absolute Gasteiger partial charge is 0.138 e. The molecular weight excluding hydrogens is 781 g/mol. The zero-order chi connectivity index (χ0) is 41.2. The predicted molar refractivity (Wildman–Crippen MR) is 268 cm³/mol. The van der Waals surface area contributed by atoms with Gasteiger partial charge in [0.1, 0.15) is 5.82 Å². The van der Waals surface area contributed by atoms with Gasteiger partial charge < -0.3 is 0 Å². The summed E-state index contributed by atoms with van der Waals surface area (Å²) in [6.07, 6.45) is 2.09. The van der Waals surface area contributed by atoms with Crippen molar-refractivity contribution in [3.63, 3.8) is 0 Å². The molecule has 10 aromatic carbocycles. The largest absolute Gasteiger partial charge is 0.293 e. The van der Waals surface area contributed by atoms with E-state index in [2.05, 4.69) is 217 Å². The summed E-state index contributed by atoms with van der Waals surface area (Å²) in [7, 11) is 0. The first kappa shape index (κ1) is 34.8. The maximum absolute atomic E-state index is 5.27. The Labute approximate surface area is 367 Å². The van der Waals surface area contributed by atoms with Crippen LogP contribution in [-0.4, -0.2) is 9.55 Å². The van der Waals surface area contributed by atoms with Crippen LogP contribution in [0.25, 0.3) is 113 Å². The van der Waals surface area contributed by atoms with Crippen molar-refractivity contribution < 1.29 is 0 Å². The highest BCUT2D eigenvalue weighted by Gasteiger charge is 2.34. The van der Waals surface area contributed by atoms with E-state index in [0.717, 1.165) is 5.82 Å². The lowest BCUT2D eigenvalue weighted by Crippen LogP contribution is -2.04. The molecule has 0 fully saturated rings. The summed E-state index contributed by atoms with van der Waals surface area (Å²) in [4.78, 5) is 5.27. The van der Waals surface area contributed by atoms with Crippen LogP contribution in [0.5, 0.6) is 0 Å². The zero-order valence-corrected chi connectivity index (χ0v) is 34.9. The van der Waals surface area contributed by atoms with E-state index in [9.17, 15) is 0 Å². The molecule has 2 nitrogen and oxygen atoms in total. The van der Waals surface area contributed by atoms with Crippen LogP contribution >= 0.6 is 11.3 Å². The lowest BCUT2D eigenvalue weighted by atomic mass is 9.88. The van der Waals surface area contributed by atoms with E-state index in [1.165, 1.54) is 124 Å². The Balaban J connectivity index is 0.928. The van der Waals surface area contributed by atoms with Gasteiger partial charge in [0, 0.05) is 38.4 Å². The van der Waals surface area contributed by atoms with Gasteiger partial charge in [0.15, 0.2) is 0 Å². The third-order valence-electron chi connectivity index (χ3n) is 13.7. The monoisotopic (exact) mass is 816 g/mol. The van der Waals surface area contributed by atoms with Crippen LogP contribution in [0.1, 0.15) is 22.6 Å². The average Bonchev–Trinajstić information content (AvgIpc) is 4.01. The van der Waals surface area contributed by atoms with Crippen molar-refractivity contribution in [2.45, 2.75) is 5.92 Å². The van der Waals surface area contributed by atoms with E-state index in [4.69, 9.17) is 4.98 Å². The molecule has 0 N–H and O–H groups in total. The van der Waals surface area contributed by atoms with E-state index in [-0.39, 0.29) is 5.92 Å². The third kappa shape index (κ3) is 5.09. The molecule has 13 aromatic rings. The summed E-state index contributed by atoms with van der Waals surface area (Å²) in [5.74, 6) is 1.05. The molecule has 0 radical (unpaired) electrons. The van der Waals surface area contributed by atoms with Crippen molar-refractivity contribution in [2.24, 2.45) is 0 Å². The molecule has 0 saturated carbocycles. The summed E-state index contributed by atoms with van der Waals surface area (Å²) in [5.41, 5.74) is 13.9. The Kier molecular flexibility index (Phi) is 7.36. The van der Waals surface area contributed by atoms with Gasteiger partial charge >= 0.3 is 0 Å². The maximum atomic E-state index is 5.27. The molecule has 3 heteroatoms. The molecule has 0 bridgehead atoms. The molecule has 0 saturated heterocycles. The molecule has 0 spiro atoms. The lowest BCUT2D eigenvalue weighted by molar-refractivity contribution is 1.00. The van der Waals surface area contributed by atoms with Gasteiger partial charge in [0.05, 0.1) is 15.7 Å². The van der Waals surface area contributed by atoms with Gasteiger partial charge in [-0.3, -0.25) is 4.57 Å². The highest BCUT2D eigenvalue weighted by atomic mass is 32.1. The van der Waals surface area contributed by atoms with Crippen LogP contribution in [-0.2, 0) is 0 Å². The summed E-state index contributed by atoms with van der Waals surface area (Å²) < 4.78 is 4.90.